The van der Waals surface area contributed by atoms with E-state index in [1.807, 2.05) is 19.0 Å². The predicted molar refractivity (Wildman–Crippen MR) is 53.5 cm³/mol. The van der Waals surface area contributed by atoms with Gasteiger partial charge in [-0.2, -0.15) is 0 Å². The van der Waals surface area contributed by atoms with Crippen LogP contribution in [0.2, 0.25) is 0 Å². The molecule has 76 valence electrons. The topological polar surface area (TPSA) is 32.3 Å². The molecule has 0 aromatic heterocycles. The molecule has 3 heteroatoms. The summed E-state index contributed by atoms with van der Waals surface area (Å²) in [7, 11) is 3.87. The first-order valence-corrected chi connectivity index (χ1v) is 5.10. The van der Waals surface area contributed by atoms with Gasteiger partial charge >= 0.3 is 0 Å². The van der Waals surface area contributed by atoms with E-state index in [0.717, 1.165) is 25.8 Å². The van der Waals surface area contributed by atoms with Crippen LogP contribution in [-0.4, -0.2) is 37.5 Å². The van der Waals surface area contributed by atoms with Gasteiger partial charge in [-0.1, -0.05) is 6.92 Å². The zero-order valence-electron chi connectivity index (χ0n) is 8.84. The van der Waals surface area contributed by atoms with Crippen LogP contribution in [0, 0.1) is 5.92 Å². The maximum atomic E-state index is 11.4. The van der Waals surface area contributed by atoms with Crippen molar-refractivity contribution < 1.29 is 4.79 Å². The monoisotopic (exact) mass is 184 g/mol. The number of rotatable bonds is 3. The van der Waals surface area contributed by atoms with Crippen molar-refractivity contribution in [2.45, 2.75) is 32.2 Å². The molecule has 1 amide bonds. The molecule has 1 saturated heterocycles. The minimum atomic E-state index is 0.296. The van der Waals surface area contributed by atoms with Gasteiger partial charge in [-0.25, -0.2) is 0 Å². The number of piperidine rings is 1. The third kappa shape index (κ3) is 2.44. The Labute approximate surface area is 80.5 Å². The van der Waals surface area contributed by atoms with Gasteiger partial charge in [0.2, 0.25) is 5.91 Å². The van der Waals surface area contributed by atoms with E-state index in [1.54, 1.807) is 0 Å². The molecule has 13 heavy (non-hydrogen) atoms. The summed E-state index contributed by atoms with van der Waals surface area (Å²) in [5, 5.41) is 3.29. The number of nitrogens with one attached hydrogen (secondary N) is 1. The molecule has 1 fully saturated rings. The summed E-state index contributed by atoms with van der Waals surface area (Å²) in [4.78, 5) is 13.3. The summed E-state index contributed by atoms with van der Waals surface area (Å²) in [6.45, 7) is 3.09. The summed E-state index contributed by atoms with van der Waals surface area (Å²) >= 11 is 0. The van der Waals surface area contributed by atoms with E-state index in [0.29, 0.717) is 17.9 Å². The summed E-state index contributed by atoms with van der Waals surface area (Å²) < 4.78 is 0. The molecule has 3 nitrogen and oxygen atoms in total. The van der Waals surface area contributed by atoms with Gasteiger partial charge in [-0.05, 0) is 25.8 Å². The van der Waals surface area contributed by atoms with Crippen molar-refractivity contribution >= 4 is 5.91 Å². The molecule has 0 radical (unpaired) electrons. The molecule has 0 saturated carbocycles. The summed E-state index contributed by atoms with van der Waals surface area (Å²) in [5.41, 5.74) is 0. The number of likely N-dealkylation sites (tertiary alicyclic amines) is 1. The third-order valence-corrected chi connectivity index (χ3v) is 3.08. The van der Waals surface area contributed by atoms with E-state index in [9.17, 15) is 4.79 Å². The summed E-state index contributed by atoms with van der Waals surface area (Å²) in [6, 6.07) is 0.512. The average Bonchev–Trinajstić information content (AvgIpc) is 2.13. The third-order valence-electron chi connectivity index (χ3n) is 3.08. The van der Waals surface area contributed by atoms with Gasteiger partial charge in [0.25, 0.3) is 0 Å². The molecule has 1 rings (SSSR count). The SMILES string of the molecule is CCC(NC)C1CCN(C)C(=O)C1. The van der Waals surface area contributed by atoms with Crippen molar-refractivity contribution in [1.29, 1.82) is 0 Å². The fraction of sp³-hybridized carbons (Fsp3) is 0.900. The molecule has 0 bridgehead atoms. The second-order valence-electron chi connectivity index (χ2n) is 3.87. The van der Waals surface area contributed by atoms with E-state index in [1.165, 1.54) is 0 Å². The molecule has 1 aliphatic rings. The molecule has 0 aromatic rings. The number of nitrogens with zero attached hydrogens (tertiary/aromatic N) is 1. The fourth-order valence-electron chi connectivity index (χ4n) is 2.08. The number of carbonyl (C=O) groups excluding carboxylic acids is 1. The molecule has 1 aliphatic heterocycles. The van der Waals surface area contributed by atoms with E-state index in [4.69, 9.17) is 0 Å². The van der Waals surface area contributed by atoms with Crippen LogP contribution in [0.4, 0.5) is 0 Å². The van der Waals surface area contributed by atoms with Crippen LogP contribution in [0.25, 0.3) is 0 Å². The van der Waals surface area contributed by atoms with Crippen LogP contribution >= 0.6 is 0 Å². The van der Waals surface area contributed by atoms with Gasteiger partial charge in [0.15, 0.2) is 0 Å². The molecule has 2 atom stereocenters. The van der Waals surface area contributed by atoms with E-state index in [-0.39, 0.29) is 0 Å². The minimum absolute atomic E-state index is 0.296. The molecular formula is C10H20N2O. The molecule has 0 aromatic carbocycles. The van der Waals surface area contributed by atoms with Crippen molar-refractivity contribution in [2.24, 2.45) is 5.92 Å². The van der Waals surface area contributed by atoms with Crippen molar-refractivity contribution in [3.05, 3.63) is 0 Å². The van der Waals surface area contributed by atoms with Crippen molar-refractivity contribution in [3.63, 3.8) is 0 Å². The lowest BCUT2D eigenvalue weighted by Crippen LogP contribution is -2.43. The van der Waals surface area contributed by atoms with Crippen molar-refractivity contribution in [2.75, 3.05) is 20.6 Å². The smallest absolute Gasteiger partial charge is 0.222 e. The van der Waals surface area contributed by atoms with Crippen LogP contribution in [-0.2, 0) is 4.79 Å². The first-order valence-electron chi connectivity index (χ1n) is 5.10. The Kier molecular flexibility index (Phi) is 3.72. The predicted octanol–water partition coefficient (Wildman–Crippen LogP) is 0.853. The fourth-order valence-corrected chi connectivity index (χ4v) is 2.08. The first kappa shape index (κ1) is 10.5. The van der Waals surface area contributed by atoms with Crippen molar-refractivity contribution in [1.82, 2.24) is 10.2 Å². The highest BCUT2D eigenvalue weighted by atomic mass is 16.2. The Morgan fingerprint density at radius 1 is 1.69 bits per heavy atom. The Morgan fingerprint density at radius 3 is 2.85 bits per heavy atom. The second-order valence-corrected chi connectivity index (χ2v) is 3.87. The number of amides is 1. The second kappa shape index (κ2) is 4.61. The highest BCUT2D eigenvalue weighted by Gasteiger charge is 2.27. The van der Waals surface area contributed by atoms with Crippen LogP contribution in [0.5, 0.6) is 0 Å². The molecule has 0 aliphatic carbocycles. The lowest BCUT2D eigenvalue weighted by atomic mass is 9.88. The summed E-state index contributed by atoms with van der Waals surface area (Å²) in [5.74, 6) is 0.837. The first-order chi connectivity index (χ1) is 6.19. The molecule has 1 heterocycles. The quantitative estimate of drug-likeness (QED) is 0.705. The van der Waals surface area contributed by atoms with Crippen LogP contribution in [0.1, 0.15) is 26.2 Å². The van der Waals surface area contributed by atoms with Crippen LogP contribution in [0.15, 0.2) is 0 Å². The van der Waals surface area contributed by atoms with Crippen LogP contribution < -0.4 is 5.32 Å². The highest BCUT2D eigenvalue weighted by Crippen LogP contribution is 2.22. The summed E-state index contributed by atoms with van der Waals surface area (Å²) in [6.07, 6.45) is 2.97. The Hall–Kier alpha value is -0.570. The Morgan fingerprint density at radius 2 is 2.38 bits per heavy atom. The van der Waals surface area contributed by atoms with Gasteiger partial charge in [-0.15, -0.1) is 0 Å². The lowest BCUT2D eigenvalue weighted by Gasteiger charge is -2.33. The van der Waals surface area contributed by atoms with Gasteiger partial charge in [0, 0.05) is 26.1 Å². The van der Waals surface area contributed by atoms with Gasteiger partial charge < -0.3 is 10.2 Å². The molecule has 0 spiro atoms. The lowest BCUT2D eigenvalue weighted by molar-refractivity contribution is -0.133. The zero-order valence-corrected chi connectivity index (χ0v) is 8.84. The molecule has 2 unspecified atom stereocenters. The van der Waals surface area contributed by atoms with Gasteiger partial charge in [-0.3, -0.25) is 4.79 Å². The van der Waals surface area contributed by atoms with E-state index >= 15 is 0 Å². The standard InChI is InChI=1S/C10H20N2O/c1-4-9(11-2)8-5-6-12(3)10(13)7-8/h8-9,11H,4-7H2,1-3H3. The number of hydrogen-bond donors (Lipinski definition) is 1. The van der Waals surface area contributed by atoms with Gasteiger partial charge in [0.1, 0.15) is 0 Å². The van der Waals surface area contributed by atoms with Gasteiger partial charge in [0.05, 0.1) is 0 Å². The zero-order chi connectivity index (χ0) is 9.84. The van der Waals surface area contributed by atoms with E-state index in [2.05, 4.69) is 12.2 Å². The number of carbonyl (C=O) groups is 1. The number of hydrogen-bond acceptors (Lipinski definition) is 2. The Balaban J connectivity index is 2.48. The molecular weight excluding hydrogens is 164 g/mol. The highest BCUT2D eigenvalue weighted by molar-refractivity contribution is 5.76. The average molecular weight is 184 g/mol. The maximum absolute atomic E-state index is 11.4. The Bertz CT molecular complexity index is 178. The molecule has 1 N–H and O–H groups in total. The van der Waals surface area contributed by atoms with Crippen LogP contribution in [0.3, 0.4) is 0 Å². The minimum Gasteiger partial charge on any atom is -0.346 e. The maximum Gasteiger partial charge on any atom is 0.222 e. The van der Waals surface area contributed by atoms with E-state index < -0.39 is 0 Å². The normalized spacial score (nSPS) is 26.2. The van der Waals surface area contributed by atoms with Crippen molar-refractivity contribution in [3.8, 4) is 0 Å². The largest absolute Gasteiger partial charge is 0.346 e.